The molecule has 0 saturated heterocycles. The highest BCUT2D eigenvalue weighted by Gasteiger charge is 2.09. The fourth-order valence-electron chi connectivity index (χ4n) is 2.18. The van der Waals surface area contributed by atoms with Gasteiger partial charge in [0.1, 0.15) is 5.75 Å². The largest absolute Gasteiger partial charge is 0.483 e. The van der Waals surface area contributed by atoms with E-state index in [2.05, 4.69) is 24.4 Å². The van der Waals surface area contributed by atoms with E-state index in [1.165, 1.54) is 6.21 Å². The number of ether oxygens (including phenoxy) is 1. The third kappa shape index (κ3) is 5.39. The van der Waals surface area contributed by atoms with Crippen LogP contribution in [-0.4, -0.2) is 18.7 Å². The maximum absolute atomic E-state index is 11.9. The number of aryl methyl sites for hydroxylation is 1. The quantitative estimate of drug-likeness (QED) is 0.627. The second-order valence-corrected chi connectivity index (χ2v) is 6.27. The molecule has 2 aromatic rings. The molecular formula is C19H21ClN2O2. The van der Waals surface area contributed by atoms with Gasteiger partial charge in [-0.15, -0.1) is 0 Å². The van der Waals surface area contributed by atoms with Crippen LogP contribution in [0.4, 0.5) is 0 Å². The van der Waals surface area contributed by atoms with E-state index < -0.39 is 0 Å². The van der Waals surface area contributed by atoms with Gasteiger partial charge in [-0.2, -0.15) is 5.10 Å². The highest BCUT2D eigenvalue weighted by Crippen LogP contribution is 2.27. The molecule has 0 heterocycles. The van der Waals surface area contributed by atoms with Crippen molar-refractivity contribution in [3.05, 3.63) is 64.2 Å². The van der Waals surface area contributed by atoms with Crippen LogP contribution in [0.3, 0.4) is 0 Å². The van der Waals surface area contributed by atoms with Crippen molar-refractivity contribution in [2.75, 3.05) is 6.61 Å². The van der Waals surface area contributed by atoms with E-state index in [-0.39, 0.29) is 12.5 Å². The maximum atomic E-state index is 11.9. The van der Waals surface area contributed by atoms with E-state index >= 15 is 0 Å². The molecule has 0 aliphatic rings. The summed E-state index contributed by atoms with van der Waals surface area (Å²) in [6.45, 7) is 6.09. The van der Waals surface area contributed by atoms with Gasteiger partial charge in [-0.05, 0) is 47.7 Å². The zero-order valence-electron chi connectivity index (χ0n) is 14.0. The summed E-state index contributed by atoms with van der Waals surface area (Å²) >= 11 is 5.89. The molecule has 0 fully saturated rings. The van der Waals surface area contributed by atoms with Gasteiger partial charge >= 0.3 is 0 Å². The first-order chi connectivity index (χ1) is 11.5. The Bertz CT molecular complexity index is 742. The number of benzene rings is 2. The minimum atomic E-state index is -0.315. The van der Waals surface area contributed by atoms with Crippen LogP contribution < -0.4 is 10.2 Å². The van der Waals surface area contributed by atoms with Gasteiger partial charge < -0.3 is 4.74 Å². The van der Waals surface area contributed by atoms with Gasteiger partial charge in [-0.25, -0.2) is 5.43 Å². The summed E-state index contributed by atoms with van der Waals surface area (Å²) in [5.41, 5.74) is 5.43. The molecule has 4 nitrogen and oxygen atoms in total. The molecule has 5 heteroatoms. The molecule has 0 aliphatic carbocycles. The van der Waals surface area contributed by atoms with E-state index in [4.69, 9.17) is 16.3 Å². The SMILES string of the molecule is Cc1ccc(C(C)C)c(OCC(=O)N/N=C\c2cccc(Cl)c2)c1. The van der Waals surface area contributed by atoms with E-state index in [1.807, 2.05) is 37.3 Å². The predicted molar refractivity (Wildman–Crippen MR) is 98.0 cm³/mol. The second-order valence-electron chi connectivity index (χ2n) is 5.83. The monoisotopic (exact) mass is 344 g/mol. The Kier molecular flexibility index (Phi) is 6.38. The van der Waals surface area contributed by atoms with Crippen molar-refractivity contribution in [3.63, 3.8) is 0 Å². The number of hydrogen-bond donors (Lipinski definition) is 1. The molecule has 0 bridgehead atoms. The Morgan fingerprint density at radius 1 is 1.29 bits per heavy atom. The van der Waals surface area contributed by atoms with Crippen molar-refractivity contribution in [1.29, 1.82) is 0 Å². The van der Waals surface area contributed by atoms with Gasteiger partial charge in [-0.1, -0.05) is 49.7 Å². The number of nitrogens with one attached hydrogen (secondary N) is 1. The summed E-state index contributed by atoms with van der Waals surface area (Å²) in [6.07, 6.45) is 1.54. The predicted octanol–water partition coefficient (Wildman–Crippen LogP) is 4.30. The van der Waals surface area contributed by atoms with Crippen molar-refractivity contribution in [3.8, 4) is 5.75 Å². The zero-order valence-corrected chi connectivity index (χ0v) is 14.8. The Morgan fingerprint density at radius 3 is 2.79 bits per heavy atom. The van der Waals surface area contributed by atoms with Crippen LogP contribution in [0.25, 0.3) is 0 Å². The molecule has 0 radical (unpaired) electrons. The van der Waals surface area contributed by atoms with E-state index in [9.17, 15) is 4.79 Å². The lowest BCUT2D eigenvalue weighted by Gasteiger charge is -2.14. The Labute approximate surface area is 147 Å². The summed E-state index contributed by atoms with van der Waals surface area (Å²) < 4.78 is 5.66. The normalized spacial score (nSPS) is 11.0. The highest BCUT2D eigenvalue weighted by molar-refractivity contribution is 6.30. The lowest BCUT2D eigenvalue weighted by molar-refractivity contribution is -0.123. The summed E-state index contributed by atoms with van der Waals surface area (Å²) in [6, 6.07) is 13.2. The number of carbonyl (C=O) groups excluding carboxylic acids is 1. The number of amides is 1. The van der Waals surface area contributed by atoms with Crippen molar-refractivity contribution >= 4 is 23.7 Å². The average molecular weight is 345 g/mol. The zero-order chi connectivity index (χ0) is 17.5. The molecular weight excluding hydrogens is 324 g/mol. The molecule has 0 aromatic heterocycles. The van der Waals surface area contributed by atoms with Gasteiger partial charge in [0.05, 0.1) is 6.21 Å². The van der Waals surface area contributed by atoms with E-state index in [1.54, 1.807) is 12.1 Å². The molecule has 1 amide bonds. The first kappa shape index (κ1) is 18.0. The number of hydrogen-bond acceptors (Lipinski definition) is 3. The fourth-order valence-corrected chi connectivity index (χ4v) is 2.38. The lowest BCUT2D eigenvalue weighted by atomic mass is 10.0. The number of halogens is 1. The molecule has 2 aromatic carbocycles. The van der Waals surface area contributed by atoms with Gasteiger partial charge in [0.25, 0.3) is 5.91 Å². The van der Waals surface area contributed by atoms with Crippen LogP contribution in [0.1, 0.15) is 36.5 Å². The molecule has 0 saturated carbocycles. The fraction of sp³-hybridized carbons (Fsp3) is 0.263. The molecule has 0 unspecified atom stereocenters. The van der Waals surface area contributed by atoms with Crippen LogP contribution in [-0.2, 0) is 4.79 Å². The number of rotatable bonds is 6. The number of hydrazone groups is 1. The molecule has 1 N–H and O–H groups in total. The third-order valence-corrected chi connectivity index (χ3v) is 3.64. The third-order valence-electron chi connectivity index (χ3n) is 3.40. The first-order valence-corrected chi connectivity index (χ1v) is 8.14. The van der Waals surface area contributed by atoms with Gasteiger partial charge in [-0.3, -0.25) is 4.79 Å². The van der Waals surface area contributed by atoms with Gasteiger partial charge in [0.15, 0.2) is 6.61 Å². The maximum Gasteiger partial charge on any atom is 0.277 e. The summed E-state index contributed by atoms with van der Waals surface area (Å²) in [5, 5.41) is 4.53. The van der Waals surface area contributed by atoms with Crippen molar-refractivity contribution in [1.82, 2.24) is 5.43 Å². The Morgan fingerprint density at radius 2 is 2.08 bits per heavy atom. The standard InChI is InChI=1S/C19H21ClN2O2/c1-13(2)17-8-7-14(3)9-18(17)24-12-19(23)22-21-11-15-5-4-6-16(20)10-15/h4-11,13H,12H2,1-3H3,(H,22,23)/b21-11-. The Hall–Kier alpha value is -2.33. The summed E-state index contributed by atoms with van der Waals surface area (Å²) in [7, 11) is 0. The van der Waals surface area contributed by atoms with E-state index in [0.29, 0.717) is 10.9 Å². The molecule has 0 aliphatic heterocycles. The molecule has 126 valence electrons. The summed E-state index contributed by atoms with van der Waals surface area (Å²) in [5.74, 6) is 0.743. The van der Waals surface area contributed by atoms with Crippen molar-refractivity contribution in [2.45, 2.75) is 26.7 Å². The van der Waals surface area contributed by atoms with Gasteiger partial charge in [0, 0.05) is 5.02 Å². The second kappa shape index (κ2) is 8.50. The minimum absolute atomic E-state index is 0.0872. The van der Waals surface area contributed by atoms with Gasteiger partial charge in [0.2, 0.25) is 0 Å². The topological polar surface area (TPSA) is 50.7 Å². The number of carbonyl (C=O) groups is 1. The molecule has 24 heavy (non-hydrogen) atoms. The summed E-state index contributed by atoms with van der Waals surface area (Å²) in [4.78, 5) is 11.9. The smallest absolute Gasteiger partial charge is 0.277 e. The molecule has 2 rings (SSSR count). The van der Waals surface area contributed by atoms with Crippen molar-refractivity contribution in [2.24, 2.45) is 5.10 Å². The van der Waals surface area contributed by atoms with Crippen LogP contribution >= 0.6 is 11.6 Å². The highest BCUT2D eigenvalue weighted by atomic mass is 35.5. The Balaban J connectivity index is 1.91. The average Bonchev–Trinajstić information content (AvgIpc) is 2.53. The molecule has 0 atom stereocenters. The van der Waals surface area contributed by atoms with Crippen LogP contribution in [0.15, 0.2) is 47.6 Å². The molecule has 0 spiro atoms. The lowest BCUT2D eigenvalue weighted by Crippen LogP contribution is -2.25. The minimum Gasteiger partial charge on any atom is -0.483 e. The van der Waals surface area contributed by atoms with Crippen LogP contribution in [0.2, 0.25) is 5.02 Å². The van der Waals surface area contributed by atoms with Crippen LogP contribution in [0.5, 0.6) is 5.75 Å². The number of nitrogens with zero attached hydrogens (tertiary/aromatic N) is 1. The van der Waals surface area contributed by atoms with Crippen molar-refractivity contribution < 1.29 is 9.53 Å². The first-order valence-electron chi connectivity index (χ1n) is 7.76. The van der Waals surface area contributed by atoms with Crippen LogP contribution in [0, 0.1) is 6.92 Å². The van der Waals surface area contributed by atoms with E-state index in [0.717, 1.165) is 22.4 Å².